The Morgan fingerprint density at radius 3 is 2.05 bits per heavy atom. The van der Waals surface area contributed by atoms with Crippen LogP contribution in [0, 0.1) is 0 Å². The third-order valence-electron chi connectivity index (χ3n) is 7.72. The lowest BCUT2D eigenvalue weighted by atomic mass is 9.91. The van der Waals surface area contributed by atoms with Gasteiger partial charge in [-0.25, -0.2) is 0 Å². The van der Waals surface area contributed by atoms with E-state index in [2.05, 4.69) is 109 Å². The molecule has 3 heteroatoms. The molecule has 0 N–H and O–H groups in total. The summed E-state index contributed by atoms with van der Waals surface area (Å²) in [5.74, 6) is 0. The fourth-order valence-corrected chi connectivity index (χ4v) is 9.19. The lowest BCUT2D eigenvalue weighted by molar-refractivity contribution is 1.78. The van der Waals surface area contributed by atoms with Crippen LogP contribution >= 0.6 is 34.0 Å². The molecule has 0 fully saturated rings. The third kappa shape index (κ3) is 2.82. The Hall–Kier alpha value is -3.76. The lowest BCUT2D eigenvalue weighted by Gasteiger charge is -2.13. The topological polar surface area (TPSA) is 0 Å². The highest BCUT2D eigenvalue weighted by Gasteiger charge is 2.17. The Kier molecular flexibility index (Phi) is 4.06. The normalized spacial score (nSPS) is 12.3. The van der Waals surface area contributed by atoms with Crippen LogP contribution in [-0.2, 0) is 0 Å². The van der Waals surface area contributed by atoms with E-state index in [-0.39, 0.29) is 0 Å². The number of benzene rings is 6. The van der Waals surface area contributed by atoms with Gasteiger partial charge in [-0.05, 0) is 86.4 Å². The van der Waals surface area contributed by atoms with Crippen LogP contribution in [-0.4, -0.2) is 0 Å². The highest BCUT2D eigenvalue weighted by atomic mass is 32.1. The first kappa shape index (κ1) is 20.3. The van der Waals surface area contributed by atoms with E-state index in [1.165, 1.54) is 83.1 Å². The molecule has 0 saturated carbocycles. The molecule has 0 nitrogen and oxygen atoms in total. The van der Waals surface area contributed by atoms with Crippen LogP contribution in [0.15, 0.2) is 109 Å². The van der Waals surface area contributed by atoms with Crippen molar-refractivity contribution in [3.63, 3.8) is 0 Å². The number of hydrogen-bond donors (Lipinski definition) is 0. The van der Waals surface area contributed by atoms with Crippen LogP contribution in [0.25, 0.3) is 83.1 Å². The van der Waals surface area contributed by atoms with Gasteiger partial charge in [-0.1, -0.05) is 54.6 Å². The molecule has 37 heavy (non-hydrogen) atoms. The van der Waals surface area contributed by atoms with Crippen LogP contribution in [0.3, 0.4) is 0 Å². The SMILES string of the molecule is c1ccc2c(c1)sc1cc3c(cc12)c(-c1cccc2c1sc1ccccc12)cc1cc2sccc2cc13. The summed E-state index contributed by atoms with van der Waals surface area (Å²) in [5.41, 5.74) is 2.66. The van der Waals surface area contributed by atoms with Gasteiger partial charge in [0.15, 0.2) is 0 Å². The second kappa shape index (κ2) is 7.39. The van der Waals surface area contributed by atoms with Crippen molar-refractivity contribution in [3.05, 3.63) is 109 Å². The summed E-state index contributed by atoms with van der Waals surface area (Å²) >= 11 is 5.64. The standard InChI is InChI=1S/C34H18S3/c1-4-11-31-21(6-1)23-8-5-9-24(34(23)37-31)26-15-20-16-32-19(12-13-35-32)14-25(20)28-18-33-29(17-27(26)28)22-7-2-3-10-30(22)36-33/h1-18H. The molecule has 0 aliphatic rings. The molecule has 0 aliphatic carbocycles. The van der Waals surface area contributed by atoms with E-state index in [0.29, 0.717) is 0 Å². The zero-order chi connectivity index (χ0) is 24.1. The molecule has 0 amide bonds. The van der Waals surface area contributed by atoms with Gasteiger partial charge in [0.1, 0.15) is 0 Å². The Morgan fingerprint density at radius 1 is 0.378 bits per heavy atom. The minimum Gasteiger partial charge on any atom is -0.144 e. The van der Waals surface area contributed by atoms with Gasteiger partial charge in [0.2, 0.25) is 0 Å². The lowest BCUT2D eigenvalue weighted by Crippen LogP contribution is -1.86. The molecule has 0 atom stereocenters. The molecular formula is C34H18S3. The summed E-state index contributed by atoms with van der Waals surface area (Å²) in [5, 5.41) is 14.3. The first-order valence-corrected chi connectivity index (χ1v) is 14.9. The molecule has 0 saturated heterocycles. The average molecular weight is 523 g/mol. The van der Waals surface area contributed by atoms with Crippen molar-refractivity contribution in [2.75, 3.05) is 0 Å². The molecule has 172 valence electrons. The van der Waals surface area contributed by atoms with Crippen molar-refractivity contribution >= 4 is 106 Å². The fraction of sp³-hybridized carbons (Fsp3) is 0. The maximum atomic E-state index is 2.46. The second-order valence-electron chi connectivity index (χ2n) is 9.73. The highest BCUT2D eigenvalue weighted by Crippen LogP contribution is 2.46. The van der Waals surface area contributed by atoms with Crippen molar-refractivity contribution in [1.29, 1.82) is 0 Å². The predicted octanol–water partition coefficient (Wildman–Crippen LogP) is 11.6. The Bertz CT molecular complexity index is 2360. The number of fused-ring (bicyclic) bond motifs is 10. The van der Waals surface area contributed by atoms with Crippen LogP contribution in [0.4, 0.5) is 0 Å². The van der Waals surface area contributed by atoms with E-state index < -0.39 is 0 Å². The molecule has 0 radical (unpaired) electrons. The van der Waals surface area contributed by atoms with E-state index in [1.54, 1.807) is 0 Å². The summed E-state index contributed by atoms with van der Waals surface area (Å²) in [6, 6.07) is 38.8. The first-order chi connectivity index (χ1) is 18.3. The van der Waals surface area contributed by atoms with Gasteiger partial charge in [0, 0.05) is 50.6 Å². The Morgan fingerprint density at radius 2 is 1.16 bits per heavy atom. The van der Waals surface area contributed by atoms with Crippen LogP contribution in [0.5, 0.6) is 0 Å². The summed E-state index contributed by atoms with van der Waals surface area (Å²) in [7, 11) is 0. The van der Waals surface area contributed by atoms with Gasteiger partial charge in [0.25, 0.3) is 0 Å². The van der Waals surface area contributed by atoms with Crippen LogP contribution in [0.2, 0.25) is 0 Å². The van der Waals surface area contributed by atoms with E-state index in [0.717, 1.165) is 0 Å². The van der Waals surface area contributed by atoms with E-state index >= 15 is 0 Å². The summed E-state index contributed by atoms with van der Waals surface area (Å²) in [6.45, 7) is 0. The Labute approximate surface area is 224 Å². The molecule has 0 aliphatic heterocycles. The minimum absolute atomic E-state index is 1.32. The molecule has 9 rings (SSSR count). The predicted molar refractivity (Wildman–Crippen MR) is 168 cm³/mol. The zero-order valence-corrected chi connectivity index (χ0v) is 22.1. The molecule has 6 aromatic carbocycles. The molecular weight excluding hydrogens is 505 g/mol. The van der Waals surface area contributed by atoms with E-state index in [9.17, 15) is 0 Å². The van der Waals surface area contributed by atoms with Crippen molar-refractivity contribution in [2.24, 2.45) is 0 Å². The third-order valence-corrected chi connectivity index (χ3v) is 10.9. The largest absolute Gasteiger partial charge is 0.144 e. The van der Waals surface area contributed by atoms with Crippen molar-refractivity contribution in [3.8, 4) is 11.1 Å². The van der Waals surface area contributed by atoms with E-state index in [4.69, 9.17) is 0 Å². The van der Waals surface area contributed by atoms with Crippen molar-refractivity contribution < 1.29 is 0 Å². The smallest absolute Gasteiger partial charge is 0.0434 e. The fourth-order valence-electron chi connectivity index (χ4n) is 6.01. The van der Waals surface area contributed by atoms with E-state index in [1.807, 2.05) is 34.0 Å². The minimum atomic E-state index is 1.32. The summed E-state index contributed by atoms with van der Waals surface area (Å²) in [4.78, 5) is 0. The van der Waals surface area contributed by atoms with Gasteiger partial charge in [-0.2, -0.15) is 0 Å². The van der Waals surface area contributed by atoms with Crippen LogP contribution in [0.1, 0.15) is 0 Å². The molecule has 3 heterocycles. The molecule has 0 unspecified atom stereocenters. The number of rotatable bonds is 1. The monoisotopic (exact) mass is 522 g/mol. The zero-order valence-electron chi connectivity index (χ0n) is 19.6. The first-order valence-electron chi connectivity index (χ1n) is 12.4. The molecule has 9 aromatic rings. The Balaban J connectivity index is 1.50. The van der Waals surface area contributed by atoms with Gasteiger partial charge in [-0.3, -0.25) is 0 Å². The van der Waals surface area contributed by atoms with Gasteiger partial charge >= 0.3 is 0 Å². The van der Waals surface area contributed by atoms with Gasteiger partial charge in [0.05, 0.1) is 0 Å². The average Bonchev–Trinajstić information content (AvgIpc) is 3.65. The molecule has 0 spiro atoms. The molecule has 3 aromatic heterocycles. The number of hydrogen-bond acceptors (Lipinski definition) is 3. The summed E-state index contributed by atoms with van der Waals surface area (Å²) < 4.78 is 6.78. The van der Waals surface area contributed by atoms with Crippen LogP contribution < -0.4 is 0 Å². The second-order valence-corrected chi connectivity index (χ2v) is 12.8. The highest BCUT2D eigenvalue weighted by molar-refractivity contribution is 7.26. The van der Waals surface area contributed by atoms with Crippen molar-refractivity contribution in [2.45, 2.75) is 0 Å². The maximum absolute atomic E-state index is 2.46. The van der Waals surface area contributed by atoms with Gasteiger partial charge in [-0.15, -0.1) is 34.0 Å². The maximum Gasteiger partial charge on any atom is 0.0434 e. The quantitative estimate of drug-likeness (QED) is 0.188. The number of thiophene rings is 3. The van der Waals surface area contributed by atoms with Crippen molar-refractivity contribution in [1.82, 2.24) is 0 Å². The van der Waals surface area contributed by atoms with Gasteiger partial charge < -0.3 is 0 Å². The molecule has 0 bridgehead atoms. The summed E-state index contributed by atoms with van der Waals surface area (Å²) in [6.07, 6.45) is 0.